The number of nitrogens with one attached hydrogen (secondary N) is 1. The van der Waals surface area contributed by atoms with Gasteiger partial charge in [-0.3, -0.25) is 9.59 Å². The summed E-state index contributed by atoms with van der Waals surface area (Å²) in [4.78, 5) is 42.1. The quantitative estimate of drug-likeness (QED) is 0.864. The molecular weight excluding hydrogens is 344 g/mol. The van der Waals surface area contributed by atoms with Crippen molar-refractivity contribution >= 4 is 17.8 Å². The van der Waals surface area contributed by atoms with Crippen LogP contribution in [-0.4, -0.2) is 71.8 Å². The van der Waals surface area contributed by atoms with E-state index in [0.29, 0.717) is 32.6 Å². The fraction of sp³-hybridized carbons (Fsp3) is 0.550. The molecule has 0 radical (unpaired) electrons. The van der Waals surface area contributed by atoms with Crippen molar-refractivity contribution in [3.63, 3.8) is 0 Å². The van der Waals surface area contributed by atoms with Crippen molar-refractivity contribution in [3.8, 4) is 0 Å². The minimum Gasteiger partial charge on any atom is -0.341 e. The van der Waals surface area contributed by atoms with Gasteiger partial charge in [-0.15, -0.1) is 0 Å². The van der Waals surface area contributed by atoms with Crippen LogP contribution < -0.4 is 5.32 Å². The molecule has 4 amide bonds. The van der Waals surface area contributed by atoms with E-state index in [9.17, 15) is 14.4 Å². The topological polar surface area (TPSA) is 73.0 Å². The molecule has 0 aliphatic carbocycles. The number of hydrogen-bond acceptors (Lipinski definition) is 3. The molecule has 3 saturated heterocycles. The number of benzene rings is 1. The standard InChI is InChI=1S/C20H26N4O3/c1-22-13-16(21-19(22)27)18(26)23-9-7-20(8-10-23)11-17(25)24(14-20)12-15-5-3-2-4-6-15/h2-6,16H,7-14H2,1H3,(H,21,27)/t16-/m0/s1. The van der Waals surface area contributed by atoms with Gasteiger partial charge < -0.3 is 20.0 Å². The maximum absolute atomic E-state index is 12.7. The van der Waals surface area contributed by atoms with Gasteiger partial charge in [-0.1, -0.05) is 30.3 Å². The van der Waals surface area contributed by atoms with Crippen LogP contribution in [0.5, 0.6) is 0 Å². The number of nitrogens with zero attached hydrogens (tertiary/aromatic N) is 3. The minimum atomic E-state index is -0.448. The number of likely N-dealkylation sites (tertiary alicyclic amines) is 2. The Bertz CT molecular complexity index is 743. The number of carbonyl (C=O) groups is 3. The maximum atomic E-state index is 12.7. The summed E-state index contributed by atoms with van der Waals surface area (Å²) in [7, 11) is 1.69. The van der Waals surface area contributed by atoms with Gasteiger partial charge in [0.15, 0.2) is 0 Å². The molecule has 3 aliphatic rings. The van der Waals surface area contributed by atoms with Gasteiger partial charge in [0.1, 0.15) is 6.04 Å². The molecule has 0 bridgehead atoms. The maximum Gasteiger partial charge on any atom is 0.317 e. The highest BCUT2D eigenvalue weighted by Gasteiger charge is 2.46. The van der Waals surface area contributed by atoms with Crippen LogP contribution in [0, 0.1) is 5.41 Å². The van der Waals surface area contributed by atoms with Crippen LogP contribution in [0.25, 0.3) is 0 Å². The van der Waals surface area contributed by atoms with Crippen molar-refractivity contribution in [3.05, 3.63) is 35.9 Å². The fourth-order valence-corrected chi connectivity index (χ4v) is 4.49. The number of carbonyl (C=O) groups excluding carboxylic acids is 3. The van der Waals surface area contributed by atoms with Crippen molar-refractivity contribution in [1.29, 1.82) is 0 Å². The molecule has 3 heterocycles. The van der Waals surface area contributed by atoms with Gasteiger partial charge in [0.05, 0.1) is 6.54 Å². The predicted molar refractivity (Wildman–Crippen MR) is 99.7 cm³/mol. The molecule has 0 saturated carbocycles. The zero-order chi connectivity index (χ0) is 19.0. The van der Waals surface area contributed by atoms with E-state index < -0.39 is 6.04 Å². The van der Waals surface area contributed by atoms with Gasteiger partial charge in [0.25, 0.3) is 0 Å². The summed E-state index contributed by atoms with van der Waals surface area (Å²) in [5, 5.41) is 2.74. The van der Waals surface area contributed by atoms with Crippen LogP contribution in [0.1, 0.15) is 24.8 Å². The third-order valence-electron chi connectivity index (χ3n) is 6.16. The van der Waals surface area contributed by atoms with Crippen LogP contribution in [0.2, 0.25) is 0 Å². The molecule has 0 aromatic heterocycles. The van der Waals surface area contributed by atoms with Crippen LogP contribution in [0.15, 0.2) is 30.3 Å². The second-order valence-electron chi connectivity index (χ2n) is 8.12. The Morgan fingerprint density at radius 2 is 1.89 bits per heavy atom. The lowest BCUT2D eigenvalue weighted by Crippen LogP contribution is -2.50. The summed E-state index contributed by atoms with van der Waals surface area (Å²) in [6, 6.07) is 9.42. The monoisotopic (exact) mass is 370 g/mol. The average molecular weight is 370 g/mol. The Balaban J connectivity index is 1.34. The normalized spacial score (nSPS) is 24.6. The zero-order valence-electron chi connectivity index (χ0n) is 15.7. The Hall–Kier alpha value is -2.57. The molecule has 1 aromatic carbocycles. The molecule has 4 rings (SSSR count). The highest BCUT2D eigenvalue weighted by atomic mass is 16.2. The summed E-state index contributed by atoms with van der Waals surface area (Å²) >= 11 is 0. The third kappa shape index (κ3) is 3.50. The molecule has 3 fully saturated rings. The molecule has 144 valence electrons. The van der Waals surface area contributed by atoms with Gasteiger partial charge >= 0.3 is 6.03 Å². The van der Waals surface area contributed by atoms with Gasteiger partial charge in [0.2, 0.25) is 11.8 Å². The van der Waals surface area contributed by atoms with Crippen molar-refractivity contribution in [2.75, 3.05) is 33.2 Å². The molecule has 7 heteroatoms. The first-order valence-electron chi connectivity index (χ1n) is 9.58. The average Bonchev–Trinajstić information content (AvgIpc) is 3.15. The van der Waals surface area contributed by atoms with Gasteiger partial charge in [0, 0.05) is 45.1 Å². The first kappa shape index (κ1) is 17.8. The van der Waals surface area contributed by atoms with E-state index in [1.54, 1.807) is 7.05 Å². The Morgan fingerprint density at radius 3 is 2.52 bits per heavy atom. The van der Waals surface area contributed by atoms with E-state index >= 15 is 0 Å². The zero-order valence-corrected chi connectivity index (χ0v) is 15.7. The molecule has 1 aromatic rings. The molecular formula is C20H26N4O3. The minimum absolute atomic E-state index is 0.00647. The lowest BCUT2D eigenvalue weighted by molar-refractivity contribution is -0.135. The summed E-state index contributed by atoms with van der Waals surface area (Å²) < 4.78 is 0. The van der Waals surface area contributed by atoms with E-state index in [1.165, 1.54) is 4.90 Å². The molecule has 7 nitrogen and oxygen atoms in total. The van der Waals surface area contributed by atoms with Gasteiger partial charge in [-0.05, 0) is 18.4 Å². The Morgan fingerprint density at radius 1 is 1.19 bits per heavy atom. The van der Waals surface area contributed by atoms with E-state index in [0.717, 1.165) is 24.9 Å². The Labute approximate surface area is 159 Å². The lowest BCUT2D eigenvalue weighted by atomic mass is 9.77. The summed E-state index contributed by atoms with van der Waals surface area (Å²) in [6.07, 6.45) is 2.25. The largest absolute Gasteiger partial charge is 0.341 e. The van der Waals surface area contributed by atoms with E-state index in [2.05, 4.69) is 5.32 Å². The van der Waals surface area contributed by atoms with Gasteiger partial charge in [-0.25, -0.2) is 4.79 Å². The van der Waals surface area contributed by atoms with E-state index in [1.807, 2.05) is 40.1 Å². The van der Waals surface area contributed by atoms with Gasteiger partial charge in [-0.2, -0.15) is 0 Å². The highest BCUT2D eigenvalue weighted by molar-refractivity contribution is 5.90. The summed E-state index contributed by atoms with van der Waals surface area (Å²) in [5.41, 5.74) is 1.13. The van der Waals surface area contributed by atoms with Crippen molar-refractivity contribution in [2.24, 2.45) is 5.41 Å². The van der Waals surface area contributed by atoms with E-state index in [-0.39, 0.29) is 23.3 Å². The number of piperidine rings is 1. The van der Waals surface area contributed by atoms with Crippen LogP contribution >= 0.6 is 0 Å². The van der Waals surface area contributed by atoms with E-state index in [4.69, 9.17) is 0 Å². The van der Waals surface area contributed by atoms with Crippen LogP contribution in [0.4, 0.5) is 4.79 Å². The SMILES string of the molecule is CN1C[C@@H](C(=O)N2CCC3(CC2)CC(=O)N(Cc2ccccc2)C3)NC1=O. The number of rotatable bonds is 3. The summed E-state index contributed by atoms with van der Waals surface area (Å²) in [6.45, 7) is 3.15. The molecule has 27 heavy (non-hydrogen) atoms. The summed E-state index contributed by atoms with van der Waals surface area (Å²) in [5.74, 6) is 0.205. The van der Waals surface area contributed by atoms with Crippen LogP contribution in [0.3, 0.4) is 0 Å². The second-order valence-corrected chi connectivity index (χ2v) is 8.12. The first-order chi connectivity index (χ1) is 13.0. The second kappa shape index (κ2) is 6.87. The third-order valence-corrected chi connectivity index (χ3v) is 6.16. The molecule has 0 unspecified atom stereocenters. The van der Waals surface area contributed by atoms with Crippen molar-refractivity contribution in [2.45, 2.75) is 31.8 Å². The molecule has 1 spiro atoms. The number of hydrogen-bond donors (Lipinski definition) is 1. The Kier molecular flexibility index (Phi) is 4.53. The van der Waals surface area contributed by atoms with Crippen molar-refractivity contribution < 1.29 is 14.4 Å². The fourth-order valence-electron chi connectivity index (χ4n) is 4.49. The molecule has 1 N–H and O–H groups in total. The number of likely N-dealkylation sites (N-methyl/N-ethyl adjacent to an activating group) is 1. The van der Waals surface area contributed by atoms with Crippen molar-refractivity contribution in [1.82, 2.24) is 20.0 Å². The smallest absolute Gasteiger partial charge is 0.317 e. The molecule has 1 atom stereocenters. The molecule has 3 aliphatic heterocycles. The first-order valence-corrected chi connectivity index (χ1v) is 9.58. The predicted octanol–water partition coefficient (Wildman–Crippen LogP) is 1.05. The van der Waals surface area contributed by atoms with Crippen LogP contribution in [-0.2, 0) is 16.1 Å². The number of urea groups is 1. The highest BCUT2D eigenvalue weighted by Crippen LogP contribution is 2.41. The number of amides is 4. The lowest BCUT2D eigenvalue weighted by Gasteiger charge is -2.39.